The highest BCUT2D eigenvalue weighted by atomic mass is 16.5. The molecule has 0 unspecified atom stereocenters. The third-order valence-electron chi connectivity index (χ3n) is 2.81. The first-order chi connectivity index (χ1) is 9.71. The van der Waals surface area contributed by atoms with Crippen LogP contribution in [-0.2, 0) is 11.3 Å². The molecule has 20 heavy (non-hydrogen) atoms. The molecule has 5 nitrogen and oxygen atoms in total. The van der Waals surface area contributed by atoms with Crippen molar-refractivity contribution in [1.29, 1.82) is 0 Å². The van der Waals surface area contributed by atoms with Crippen molar-refractivity contribution in [3.05, 3.63) is 23.8 Å². The fraction of sp³-hybridized carbons (Fsp3) is 0.533. The minimum atomic E-state index is -0.0326. The van der Waals surface area contributed by atoms with Gasteiger partial charge in [0.15, 0.2) is 11.5 Å². The highest BCUT2D eigenvalue weighted by molar-refractivity contribution is 5.77. The van der Waals surface area contributed by atoms with Crippen LogP contribution < -0.4 is 20.1 Å². The van der Waals surface area contributed by atoms with Crippen molar-refractivity contribution in [2.75, 3.05) is 27.3 Å². The quantitative estimate of drug-likeness (QED) is 0.676. The molecule has 0 saturated carbocycles. The first-order valence-electron chi connectivity index (χ1n) is 6.92. The van der Waals surface area contributed by atoms with E-state index < -0.39 is 0 Å². The number of benzene rings is 1. The molecule has 5 heteroatoms. The van der Waals surface area contributed by atoms with E-state index in [1.54, 1.807) is 14.2 Å². The van der Waals surface area contributed by atoms with Crippen molar-refractivity contribution in [1.82, 2.24) is 10.6 Å². The lowest BCUT2D eigenvalue weighted by Crippen LogP contribution is -2.31. The molecule has 0 aliphatic carbocycles. The molecule has 0 heterocycles. The second kappa shape index (κ2) is 9.20. The zero-order chi connectivity index (χ0) is 14.8. The van der Waals surface area contributed by atoms with Gasteiger partial charge in [-0.3, -0.25) is 4.79 Å². The standard InChI is InChI=1S/C15H24N2O3/c1-4-5-8-20-13-7-6-12(9-14(13)19-3)10-17-15(18)11-16-2/h6-7,9,16H,4-5,8,10-11H2,1-3H3,(H,17,18). The summed E-state index contributed by atoms with van der Waals surface area (Å²) in [6.45, 7) is 3.60. The number of likely N-dealkylation sites (N-methyl/N-ethyl adjacent to an activating group) is 1. The molecule has 0 aliphatic heterocycles. The molecular weight excluding hydrogens is 256 g/mol. The van der Waals surface area contributed by atoms with Crippen molar-refractivity contribution in [2.24, 2.45) is 0 Å². The number of methoxy groups -OCH3 is 1. The molecule has 0 aliphatic rings. The van der Waals surface area contributed by atoms with Crippen molar-refractivity contribution in [3.8, 4) is 11.5 Å². The van der Waals surface area contributed by atoms with Gasteiger partial charge in [-0.05, 0) is 31.2 Å². The first kappa shape index (κ1) is 16.3. The van der Waals surface area contributed by atoms with Crippen LogP contribution in [0.15, 0.2) is 18.2 Å². The average molecular weight is 280 g/mol. The smallest absolute Gasteiger partial charge is 0.234 e. The summed E-state index contributed by atoms with van der Waals surface area (Å²) in [6.07, 6.45) is 2.11. The van der Waals surface area contributed by atoms with Gasteiger partial charge in [-0.1, -0.05) is 19.4 Å². The third-order valence-corrected chi connectivity index (χ3v) is 2.81. The molecule has 2 N–H and O–H groups in total. The van der Waals surface area contributed by atoms with E-state index in [0.29, 0.717) is 25.4 Å². The van der Waals surface area contributed by atoms with Crippen LogP contribution in [0, 0.1) is 0 Å². The molecule has 0 spiro atoms. The zero-order valence-electron chi connectivity index (χ0n) is 12.5. The van der Waals surface area contributed by atoms with Crippen LogP contribution in [0.2, 0.25) is 0 Å². The van der Waals surface area contributed by atoms with E-state index in [0.717, 1.165) is 24.2 Å². The summed E-state index contributed by atoms with van der Waals surface area (Å²) in [5.74, 6) is 1.41. The molecule has 1 rings (SSSR count). The van der Waals surface area contributed by atoms with Gasteiger partial charge in [0, 0.05) is 6.54 Å². The van der Waals surface area contributed by atoms with Gasteiger partial charge < -0.3 is 20.1 Å². The van der Waals surface area contributed by atoms with Gasteiger partial charge in [0.05, 0.1) is 20.3 Å². The van der Waals surface area contributed by atoms with Crippen LogP contribution in [0.25, 0.3) is 0 Å². The van der Waals surface area contributed by atoms with Gasteiger partial charge in [0.1, 0.15) is 0 Å². The van der Waals surface area contributed by atoms with Crippen molar-refractivity contribution < 1.29 is 14.3 Å². The lowest BCUT2D eigenvalue weighted by atomic mass is 10.2. The maximum atomic E-state index is 11.4. The van der Waals surface area contributed by atoms with Crippen LogP contribution >= 0.6 is 0 Å². The Morgan fingerprint density at radius 3 is 2.75 bits per heavy atom. The fourth-order valence-electron chi connectivity index (χ4n) is 1.69. The molecular formula is C15H24N2O3. The highest BCUT2D eigenvalue weighted by Gasteiger charge is 2.06. The summed E-state index contributed by atoms with van der Waals surface area (Å²) >= 11 is 0. The summed E-state index contributed by atoms with van der Waals surface area (Å²) in [5, 5.41) is 5.63. The number of rotatable bonds is 9. The lowest BCUT2D eigenvalue weighted by Gasteiger charge is -2.12. The molecule has 0 fully saturated rings. The number of amides is 1. The largest absolute Gasteiger partial charge is 0.493 e. The number of nitrogens with one attached hydrogen (secondary N) is 2. The van der Waals surface area contributed by atoms with Gasteiger partial charge >= 0.3 is 0 Å². The Balaban J connectivity index is 2.59. The van der Waals surface area contributed by atoms with Gasteiger partial charge in [-0.15, -0.1) is 0 Å². The van der Waals surface area contributed by atoms with E-state index in [-0.39, 0.29) is 5.91 Å². The number of hydrogen-bond donors (Lipinski definition) is 2. The van der Waals surface area contributed by atoms with Crippen molar-refractivity contribution >= 4 is 5.91 Å². The van der Waals surface area contributed by atoms with Crippen LogP contribution in [0.1, 0.15) is 25.3 Å². The molecule has 1 aromatic carbocycles. The third kappa shape index (κ3) is 5.48. The SMILES string of the molecule is CCCCOc1ccc(CNC(=O)CNC)cc1OC. The summed E-state index contributed by atoms with van der Waals surface area (Å²) in [4.78, 5) is 11.4. The zero-order valence-corrected chi connectivity index (χ0v) is 12.5. The van der Waals surface area contributed by atoms with Crippen molar-refractivity contribution in [3.63, 3.8) is 0 Å². The van der Waals surface area contributed by atoms with Crippen LogP contribution in [0.3, 0.4) is 0 Å². The second-order valence-electron chi connectivity index (χ2n) is 4.49. The van der Waals surface area contributed by atoms with Crippen LogP contribution in [0.4, 0.5) is 0 Å². The number of carbonyl (C=O) groups is 1. The number of hydrogen-bond acceptors (Lipinski definition) is 4. The molecule has 0 atom stereocenters. The Kier molecular flexibility index (Phi) is 7.50. The van der Waals surface area contributed by atoms with Gasteiger partial charge in [-0.25, -0.2) is 0 Å². The van der Waals surface area contributed by atoms with Gasteiger partial charge in [-0.2, -0.15) is 0 Å². The maximum absolute atomic E-state index is 11.4. The number of ether oxygens (including phenoxy) is 2. The minimum Gasteiger partial charge on any atom is -0.493 e. The van der Waals surface area contributed by atoms with E-state index >= 15 is 0 Å². The van der Waals surface area contributed by atoms with E-state index in [1.807, 2.05) is 18.2 Å². The minimum absolute atomic E-state index is 0.0326. The summed E-state index contributed by atoms with van der Waals surface area (Å²) < 4.78 is 11.0. The fourth-order valence-corrected chi connectivity index (χ4v) is 1.69. The summed E-state index contributed by atoms with van der Waals surface area (Å²) in [7, 11) is 3.36. The van der Waals surface area contributed by atoms with Crippen molar-refractivity contribution in [2.45, 2.75) is 26.3 Å². The molecule has 0 bridgehead atoms. The molecule has 0 aromatic heterocycles. The Bertz CT molecular complexity index is 422. The lowest BCUT2D eigenvalue weighted by molar-refractivity contribution is -0.120. The number of carbonyl (C=O) groups excluding carboxylic acids is 1. The van der Waals surface area contributed by atoms with E-state index in [9.17, 15) is 4.79 Å². The Morgan fingerprint density at radius 1 is 1.30 bits per heavy atom. The van der Waals surface area contributed by atoms with Crippen LogP contribution in [-0.4, -0.2) is 33.2 Å². The number of unbranched alkanes of at least 4 members (excludes halogenated alkanes) is 1. The topological polar surface area (TPSA) is 59.6 Å². The Morgan fingerprint density at radius 2 is 2.10 bits per heavy atom. The molecule has 0 radical (unpaired) electrons. The van der Waals surface area contributed by atoms with E-state index in [4.69, 9.17) is 9.47 Å². The predicted octanol–water partition coefficient (Wildman–Crippen LogP) is 1.71. The van der Waals surface area contributed by atoms with E-state index in [1.165, 1.54) is 0 Å². The monoisotopic (exact) mass is 280 g/mol. The highest BCUT2D eigenvalue weighted by Crippen LogP contribution is 2.28. The average Bonchev–Trinajstić information content (AvgIpc) is 2.46. The predicted molar refractivity (Wildman–Crippen MR) is 79.2 cm³/mol. The van der Waals surface area contributed by atoms with Crippen LogP contribution in [0.5, 0.6) is 11.5 Å². The van der Waals surface area contributed by atoms with E-state index in [2.05, 4.69) is 17.6 Å². The normalized spacial score (nSPS) is 10.2. The molecule has 0 saturated heterocycles. The van der Waals surface area contributed by atoms with Gasteiger partial charge in [0.25, 0.3) is 0 Å². The Labute approximate surface area is 120 Å². The molecule has 1 aromatic rings. The Hall–Kier alpha value is -1.75. The summed E-state index contributed by atoms with van der Waals surface area (Å²) in [5.41, 5.74) is 0.981. The first-order valence-corrected chi connectivity index (χ1v) is 6.92. The summed E-state index contributed by atoms with van der Waals surface area (Å²) in [6, 6.07) is 5.71. The molecule has 112 valence electrons. The molecule has 1 amide bonds. The second-order valence-corrected chi connectivity index (χ2v) is 4.49. The maximum Gasteiger partial charge on any atom is 0.234 e. The van der Waals surface area contributed by atoms with Gasteiger partial charge in [0.2, 0.25) is 5.91 Å².